The molecular weight excluding hydrogens is 325 g/mol. The molecule has 0 spiro atoms. The minimum Gasteiger partial charge on any atom is -0.326 e. The Labute approximate surface area is 139 Å². The van der Waals surface area contributed by atoms with Gasteiger partial charge in [-0.25, -0.2) is 4.98 Å². The molecule has 4 N–H and O–H groups in total. The summed E-state index contributed by atoms with van der Waals surface area (Å²) in [5, 5.41) is 10.3. The van der Waals surface area contributed by atoms with Crippen molar-refractivity contribution in [2.24, 2.45) is 5.73 Å². The first-order valence-electron chi connectivity index (χ1n) is 6.16. The van der Waals surface area contributed by atoms with Crippen molar-refractivity contribution in [1.29, 1.82) is 0 Å². The van der Waals surface area contributed by atoms with Crippen LogP contribution in [0.2, 0.25) is 0 Å². The maximum Gasteiger partial charge on any atom is 0.255 e. The fourth-order valence-corrected chi connectivity index (χ4v) is 1.95. The van der Waals surface area contributed by atoms with Gasteiger partial charge in [-0.05, 0) is 23.8 Å². The summed E-state index contributed by atoms with van der Waals surface area (Å²) >= 11 is 0. The molecule has 0 aliphatic heterocycles. The van der Waals surface area contributed by atoms with Crippen molar-refractivity contribution in [2.75, 3.05) is 5.32 Å². The molecule has 0 fully saturated rings. The number of nitrogens with zero attached hydrogens (tertiary/aromatic N) is 2. The van der Waals surface area contributed by atoms with Gasteiger partial charge in [0.1, 0.15) is 0 Å². The summed E-state index contributed by atoms with van der Waals surface area (Å²) in [6, 6.07) is 8.93. The lowest BCUT2D eigenvalue weighted by Crippen LogP contribution is -2.12. The first-order valence-corrected chi connectivity index (χ1v) is 6.16. The number of benzene rings is 1. The SMILES string of the molecule is Cl.Cl.NCc1ccc(C(=O)Nc2ccnc3[nH]ncc23)cc1. The molecule has 0 saturated heterocycles. The topological polar surface area (TPSA) is 96.7 Å². The van der Waals surface area contributed by atoms with Crippen molar-refractivity contribution in [3.05, 3.63) is 53.9 Å². The van der Waals surface area contributed by atoms with E-state index in [1.54, 1.807) is 30.6 Å². The van der Waals surface area contributed by atoms with Crippen LogP contribution >= 0.6 is 24.8 Å². The number of aromatic nitrogens is 3. The van der Waals surface area contributed by atoms with E-state index in [4.69, 9.17) is 5.73 Å². The van der Waals surface area contributed by atoms with Gasteiger partial charge in [-0.1, -0.05) is 12.1 Å². The molecule has 0 saturated carbocycles. The second-order valence-corrected chi connectivity index (χ2v) is 4.35. The van der Waals surface area contributed by atoms with Crippen molar-refractivity contribution >= 4 is 47.4 Å². The van der Waals surface area contributed by atoms with Crippen LogP contribution in [0.15, 0.2) is 42.7 Å². The van der Waals surface area contributed by atoms with Gasteiger partial charge in [0.2, 0.25) is 0 Å². The molecule has 3 rings (SSSR count). The summed E-state index contributed by atoms with van der Waals surface area (Å²) in [5.74, 6) is -0.178. The third kappa shape index (κ3) is 3.54. The third-order valence-corrected chi connectivity index (χ3v) is 3.05. The Morgan fingerprint density at radius 2 is 1.91 bits per heavy atom. The maximum atomic E-state index is 12.2. The number of anilines is 1. The highest BCUT2D eigenvalue weighted by molar-refractivity contribution is 6.08. The second kappa shape index (κ2) is 7.74. The second-order valence-electron chi connectivity index (χ2n) is 4.35. The van der Waals surface area contributed by atoms with E-state index in [1.165, 1.54) is 0 Å². The number of halogens is 2. The minimum absolute atomic E-state index is 0. The first kappa shape index (κ1) is 17.9. The number of hydrogen-bond donors (Lipinski definition) is 3. The zero-order valence-electron chi connectivity index (χ0n) is 11.4. The summed E-state index contributed by atoms with van der Waals surface area (Å²) in [6.07, 6.45) is 3.25. The fraction of sp³-hybridized carbons (Fsp3) is 0.0714. The number of fused-ring (bicyclic) bond motifs is 1. The third-order valence-electron chi connectivity index (χ3n) is 3.05. The monoisotopic (exact) mass is 339 g/mol. The average Bonchev–Trinajstić information content (AvgIpc) is 2.97. The summed E-state index contributed by atoms with van der Waals surface area (Å²) < 4.78 is 0. The van der Waals surface area contributed by atoms with E-state index in [0.717, 1.165) is 10.9 Å². The molecule has 2 heterocycles. The number of nitrogens with two attached hydrogens (primary N) is 1. The van der Waals surface area contributed by atoms with E-state index in [-0.39, 0.29) is 30.7 Å². The molecule has 116 valence electrons. The molecule has 22 heavy (non-hydrogen) atoms. The summed E-state index contributed by atoms with van der Waals surface area (Å²) in [5.41, 5.74) is 8.42. The molecule has 0 aliphatic carbocycles. The molecule has 3 aromatic rings. The Kier molecular flexibility index (Phi) is 6.30. The molecule has 8 heteroatoms. The summed E-state index contributed by atoms with van der Waals surface area (Å²) in [4.78, 5) is 16.3. The molecule has 0 bridgehead atoms. The van der Waals surface area contributed by atoms with Crippen molar-refractivity contribution < 1.29 is 4.79 Å². The summed E-state index contributed by atoms with van der Waals surface area (Å²) in [7, 11) is 0. The van der Waals surface area contributed by atoms with E-state index in [1.807, 2.05) is 12.1 Å². The zero-order chi connectivity index (χ0) is 13.9. The molecular formula is C14H15Cl2N5O. The van der Waals surface area contributed by atoms with Crippen LogP contribution in [0.5, 0.6) is 0 Å². The van der Waals surface area contributed by atoms with Gasteiger partial charge in [-0.3, -0.25) is 9.89 Å². The van der Waals surface area contributed by atoms with Crippen molar-refractivity contribution in [3.8, 4) is 0 Å². The van der Waals surface area contributed by atoms with Gasteiger partial charge in [0.15, 0.2) is 5.65 Å². The number of aromatic amines is 1. The van der Waals surface area contributed by atoms with Crippen LogP contribution in [0, 0.1) is 0 Å². The van der Waals surface area contributed by atoms with Crippen LogP contribution in [0.1, 0.15) is 15.9 Å². The zero-order valence-corrected chi connectivity index (χ0v) is 13.1. The number of carbonyl (C=O) groups is 1. The number of rotatable bonds is 3. The van der Waals surface area contributed by atoms with Crippen LogP contribution in [0.25, 0.3) is 11.0 Å². The average molecular weight is 340 g/mol. The Bertz CT molecular complexity index is 757. The number of carbonyl (C=O) groups excluding carboxylic acids is 1. The lowest BCUT2D eigenvalue weighted by Gasteiger charge is -2.06. The minimum atomic E-state index is -0.178. The van der Waals surface area contributed by atoms with Crippen LogP contribution in [-0.2, 0) is 6.54 Å². The van der Waals surface area contributed by atoms with E-state index in [2.05, 4.69) is 20.5 Å². The fourth-order valence-electron chi connectivity index (χ4n) is 1.95. The molecule has 2 aromatic heterocycles. The first-order chi connectivity index (χ1) is 9.78. The number of hydrogen-bond acceptors (Lipinski definition) is 4. The Hall–Kier alpha value is -2.15. The van der Waals surface area contributed by atoms with Gasteiger partial charge in [-0.2, -0.15) is 5.10 Å². The molecule has 0 radical (unpaired) electrons. The molecule has 1 amide bonds. The molecule has 0 aliphatic rings. The predicted octanol–water partition coefficient (Wildman–Crippen LogP) is 2.51. The molecule has 1 aromatic carbocycles. The van der Waals surface area contributed by atoms with Gasteiger partial charge in [0.05, 0.1) is 17.3 Å². The molecule has 6 nitrogen and oxygen atoms in total. The molecule has 0 atom stereocenters. The van der Waals surface area contributed by atoms with E-state index >= 15 is 0 Å². The quantitative estimate of drug-likeness (QED) is 0.682. The van der Waals surface area contributed by atoms with Crippen molar-refractivity contribution in [2.45, 2.75) is 6.54 Å². The Morgan fingerprint density at radius 1 is 1.18 bits per heavy atom. The van der Waals surface area contributed by atoms with Gasteiger partial charge in [0, 0.05) is 18.3 Å². The van der Waals surface area contributed by atoms with Crippen LogP contribution in [0.4, 0.5) is 5.69 Å². The van der Waals surface area contributed by atoms with Crippen molar-refractivity contribution in [1.82, 2.24) is 15.2 Å². The van der Waals surface area contributed by atoms with Crippen LogP contribution < -0.4 is 11.1 Å². The number of nitrogens with one attached hydrogen (secondary N) is 2. The Balaban J connectivity index is 0.00000121. The Morgan fingerprint density at radius 3 is 2.59 bits per heavy atom. The lowest BCUT2D eigenvalue weighted by molar-refractivity contribution is 0.102. The van der Waals surface area contributed by atoms with E-state index in [0.29, 0.717) is 23.4 Å². The highest BCUT2D eigenvalue weighted by atomic mass is 35.5. The van der Waals surface area contributed by atoms with Gasteiger partial charge < -0.3 is 11.1 Å². The summed E-state index contributed by atoms with van der Waals surface area (Å²) in [6.45, 7) is 0.460. The largest absolute Gasteiger partial charge is 0.326 e. The smallest absolute Gasteiger partial charge is 0.255 e. The lowest BCUT2D eigenvalue weighted by atomic mass is 10.1. The van der Waals surface area contributed by atoms with Crippen LogP contribution in [-0.4, -0.2) is 21.1 Å². The normalized spacial score (nSPS) is 9.68. The maximum absolute atomic E-state index is 12.2. The van der Waals surface area contributed by atoms with E-state index < -0.39 is 0 Å². The number of amides is 1. The van der Waals surface area contributed by atoms with Crippen LogP contribution in [0.3, 0.4) is 0 Å². The number of H-pyrrole nitrogens is 1. The highest BCUT2D eigenvalue weighted by Crippen LogP contribution is 2.19. The predicted molar refractivity (Wildman–Crippen MR) is 90.7 cm³/mol. The van der Waals surface area contributed by atoms with Gasteiger partial charge >= 0.3 is 0 Å². The standard InChI is InChI=1S/C14H13N5O.2ClH/c15-7-9-1-3-10(4-2-9)14(20)18-12-5-6-16-13-11(12)8-17-19-13;;/h1-6,8H,7,15H2,(H2,16,17,18,19,20);2*1H. The number of pyridine rings is 1. The van der Waals surface area contributed by atoms with E-state index in [9.17, 15) is 4.79 Å². The van der Waals surface area contributed by atoms with Gasteiger partial charge in [0.25, 0.3) is 5.91 Å². The molecule has 0 unspecified atom stereocenters. The highest BCUT2D eigenvalue weighted by Gasteiger charge is 2.09. The van der Waals surface area contributed by atoms with Gasteiger partial charge in [-0.15, -0.1) is 24.8 Å². The van der Waals surface area contributed by atoms with Crippen molar-refractivity contribution in [3.63, 3.8) is 0 Å².